The molecule has 0 bridgehead atoms. The molecule has 5 N–H and O–H groups in total. The van der Waals surface area contributed by atoms with Gasteiger partial charge in [0, 0.05) is 18.6 Å². The van der Waals surface area contributed by atoms with Crippen molar-refractivity contribution in [3.63, 3.8) is 0 Å². The highest BCUT2D eigenvalue weighted by Gasteiger charge is 2.52. The summed E-state index contributed by atoms with van der Waals surface area (Å²) in [5.74, 6) is -2.10. The molecule has 0 saturated carbocycles. The number of hydrogen-bond donors (Lipinski definition) is 4. The van der Waals surface area contributed by atoms with E-state index in [0.29, 0.717) is 11.4 Å². The first kappa shape index (κ1) is 22.6. The average molecular weight is 468 g/mol. The highest BCUT2D eigenvalue weighted by molar-refractivity contribution is 6.20. The number of nitrogens with one attached hydrogen (secondary N) is 3. The average Bonchev–Trinajstić information content (AvgIpc) is 3.32. The van der Waals surface area contributed by atoms with Crippen molar-refractivity contribution in [1.29, 1.82) is 0 Å². The fourth-order valence-corrected chi connectivity index (χ4v) is 3.58. The number of carbonyl (C=O) groups is 3. The zero-order valence-corrected chi connectivity index (χ0v) is 18.5. The number of ether oxygens (including phenoxy) is 1. The molecule has 3 amide bonds. The summed E-state index contributed by atoms with van der Waals surface area (Å²) in [4.78, 5) is 45.1. The number of nitrogen functional groups attached to an aromatic ring is 1. The van der Waals surface area contributed by atoms with E-state index >= 15 is 0 Å². The number of nitrogens with zero attached hydrogens (tertiary/aromatic N) is 4. The number of fused-ring (bicyclic) bond motifs is 1. The SMILES string of the molecule is COc1cc(-c2nc(N)c3c(n2)NC(=O)C3(C)C(=O)NNC(C)=O)nn1Cc1ccccc1F. The van der Waals surface area contributed by atoms with Gasteiger partial charge in [-0.1, -0.05) is 18.2 Å². The predicted molar refractivity (Wildman–Crippen MR) is 118 cm³/mol. The lowest BCUT2D eigenvalue weighted by atomic mass is 9.83. The Hall–Kier alpha value is -4.55. The number of benzene rings is 1. The lowest BCUT2D eigenvalue weighted by molar-refractivity contribution is -0.136. The summed E-state index contributed by atoms with van der Waals surface area (Å²) in [6.45, 7) is 2.64. The van der Waals surface area contributed by atoms with Crippen molar-refractivity contribution in [2.75, 3.05) is 18.2 Å². The van der Waals surface area contributed by atoms with E-state index in [0.717, 1.165) is 0 Å². The van der Waals surface area contributed by atoms with Gasteiger partial charge < -0.3 is 15.8 Å². The number of halogens is 1. The standard InChI is InChI=1S/C21H21FN8O4/c1-10(31)27-28-20(33)21(2)15-16(23)24-17(25-18(15)26-19(21)32)13-8-14(34-3)30(29-13)9-11-6-4-5-7-12(11)22/h4-8H,9H2,1-3H3,(H,27,31)(H,28,33)(H3,23,24,25,26,32). The Labute approximate surface area is 192 Å². The minimum atomic E-state index is -1.78. The molecule has 3 aromatic rings. The molecule has 34 heavy (non-hydrogen) atoms. The van der Waals surface area contributed by atoms with Crippen molar-refractivity contribution in [2.45, 2.75) is 25.8 Å². The van der Waals surface area contributed by atoms with E-state index in [1.54, 1.807) is 24.3 Å². The summed E-state index contributed by atoms with van der Waals surface area (Å²) in [7, 11) is 1.44. The monoisotopic (exact) mass is 468 g/mol. The minimum Gasteiger partial charge on any atom is -0.481 e. The maximum Gasteiger partial charge on any atom is 0.258 e. The second kappa shape index (κ2) is 8.42. The summed E-state index contributed by atoms with van der Waals surface area (Å²) in [5, 5.41) is 6.93. The molecule has 0 radical (unpaired) electrons. The van der Waals surface area contributed by atoms with Crippen molar-refractivity contribution in [3.05, 3.63) is 47.3 Å². The third kappa shape index (κ3) is 3.76. The summed E-state index contributed by atoms with van der Waals surface area (Å²) in [6.07, 6.45) is 0. The van der Waals surface area contributed by atoms with E-state index in [-0.39, 0.29) is 41.1 Å². The molecule has 1 unspecified atom stereocenters. The topological polar surface area (TPSA) is 166 Å². The first-order valence-electron chi connectivity index (χ1n) is 10.1. The van der Waals surface area contributed by atoms with Gasteiger partial charge in [-0.3, -0.25) is 25.2 Å². The van der Waals surface area contributed by atoms with Gasteiger partial charge in [0.25, 0.3) is 5.91 Å². The molecule has 4 rings (SSSR count). The van der Waals surface area contributed by atoms with Crippen molar-refractivity contribution in [1.82, 2.24) is 30.6 Å². The van der Waals surface area contributed by atoms with Crippen LogP contribution in [0.4, 0.5) is 16.0 Å². The van der Waals surface area contributed by atoms with Crippen LogP contribution in [0.15, 0.2) is 30.3 Å². The lowest BCUT2D eigenvalue weighted by Crippen LogP contribution is -2.52. The Balaban J connectivity index is 1.70. The summed E-state index contributed by atoms with van der Waals surface area (Å²) >= 11 is 0. The van der Waals surface area contributed by atoms with Gasteiger partial charge in [-0.05, 0) is 13.0 Å². The number of anilines is 2. The zero-order chi connectivity index (χ0) is 24.6. The van der Waals surface area contributed by atoms with Gasteiger partial charge in [0.1, 0.15) is 23.1 Å². The van der Waals surface area contributed by atoms with Gasteiger partial charge in [-0.2, -0.15) is 5.10 Å². The molecule has 13 heteroatoms. The van der Waals surface area contributed by atoms with Crippen molar-refractivity contribution in [2.24, 2.45) is 0 Å². The van der Waals surface area contributed by atoms with Crippen LogP contribution in [0.5, 0.6) is 5.88 Å². The Morgan fingerprint density at radius 2 is 2.00 bits per heavy atom. The van der Waals surface area contributed by atoms with Crippen LogP contribution in [0.1, 0.15) is 25.0 Å². The highest BCUT2D eigenvalue weighted by atomic mass is 19.1. The molecular weight excluding hydrogens is 447 g/mol. The molecule has 12 nitrogen and oxygen atoms in total. The number of aromatic nitrogens is 4. The Bertz CT molecular complexity index is 1320. The lowest BCUT2D eigenvalue weighted by Gasteiger charge is -2.21. The highest BCUT2D eigenvalue weighted by Crippen LogP contribution is 2.41. The van der Waals surface area contributed by atoms with E-state index in [2.05, 4.69) is 31.2 Å². The third-order valence-corrected chi connectivity index (χ3v) is 5.39. The quantitative estimate of drug-likeness (QED) is 0.310. The Kier molecular flexibility index (Phi) is 5.61. The molecule has 176 valence electrons. The van der Waals surface area contributed by atoms with Crippen molar-refractivity contribution in [3.8, 4) is 17.4 Å². The maximum atomic E-state index is 14.1. The van der Waals surface area contributed by atoms with Crippen LogP contribution < -0.4 is 26.6 Å². The van der Waals surface area contributed by atoms with Gasteiger partial charge in [-0.25, -0.2) is 19.0 Å². The van der Waals surface area contributed by atoms with Gasteiger partial charge >= 0.3 is 0 Å². The van der Waals surface area contributed by atoms with Crippen LogP contribution in [0.2, 0.25) is 0 Å². The summed E-state index contributed by atoms with van der Waals surface area (Å²) in [6, 6.07) is 7.81. The van der Waals surface area contributed by atoms with Crippen LogP contribution >= 0.6 is 0 Å². The van der Waals surface area contributed by atoms with Gasteiger partial charge in [0.05, 0.1) is 19.2 Å². The summed E-state index contributed by atoms with van der Waals surface area (Å²) in [5.41, 5.74) is 9.41. The van der Waals surface area contributed by atoms with E-state index in [1.807, 2.05) is 0 Å². The number of hydrazine groups is 1. The van der Waals surface area contributed by atoms with Gasteiger partial charge in [-0.15, -0.1) is 0 Å². The van der Waals surface area contributed by atoms with Gasteiger partial charge in [0.15, 0.2) is 11.2 Å². The number of nitrogens with two attached hydrogens (primary N) is 1. The third-order valence-electron chi connectivity index (χ3n) is 5.39. The Morgan fingerprint density at radius 1 is 1.26 bits per heavy atom. The molecule has 0 aliphatic carbocycles. The Morgan fingerprint density at radius 3 is 2.68 bits per heavy atom. The smallest absolute Gasteiger partial charge is 0.258 e. The van der Waals surface area contributed by atoms with E-state index in [4.69, 9.17) is 10.5 Å². The van der Waals surface area contributed by atoms with Gasteiger partial charge in [0.2, 0.25) is 17.7 Å². The first-order valence-corrected chi connectivity index (χ1v) is 10.1. The maximum absolute atomic E-state index is 14.1. The van der Waals surface area contributed by atoms with Crippen LogP contribution in [0.25, 0.3) is 11.5 Å². The van der Waals surface area contributed by atoms with Crippen molar-refractivity contribution >= 4 is 29.4 Å². The van der Waals surface area contributed by atoms with Crippen LogP contribution in [0.3, 0.4) is 0 Å². The molecule has 1 atom stereocenters. The van der Waals surface area contributed by atoms with E-state index in [9.17, 15) is 18.8 Å². The molecule has 0 spiro atoms. The molecule has 0 saturated heterocycles. The fourth-order valence-electron chi connectivity index (χ4n) is 3.58. The molecule has 3 heterocycles. The van der Waals surface area contributed by atoms with E-state index in [1.165, 1.54) is 31.7 Å². The normalized spacial score (nSPS) is 16.5. The van der Waals surface area contributed by atoms with Crippen molar-refractivity contribution < 1.29 is 23.5 Å². The minimum absolute atomic E-state index is 0.0376. The number of amides is 3. The molecule has 2 aromatic heterocycles. The van der Waals surface area contributed by atoms with Crippen LogP contribution in [-0.2, 0) is 26.3 Å². The zero-order valence-electron chi connectivity index (χ0n) is 18.5. The molecular formula is C21H21FN8O4. The number of hydrogen-bond acceptors (Lipinski definition) is 8. The molecule has 0 fully saturated rings. The van der Waals surface area contributed by atoms with E-state index < -0.39 is 23.1 Å². The number of carbonyl (C=O) groups excluding carboxylic acids is 3. The molecule has 1 aliphatic rings. The number of rotatable bonds is 5. The second-order valence-electron chi connectivity index (χ2n) is 7.69. The number of methoxy groups -OCH3 is 1. The van der Waals surface area contributed by atoms with Crippen LogP contribution in [0, 0.1) is 5.82 Å². The molecule has 1 aliphatic heterocycles. The largest absolute Gasteiger partial charge is 0.481 e. The fraction of sp³-hybridized carbons (Fsp3) is 0.238. The second-order valence-corrected chi connectivity index (χ2v) is 7.69. The van der Waals surface area contributed by atoms with Crippen LogP contribution in [-0.4, -0.2) is 44.6 Å². The predicted octanol–water partition coefficient (Wildman–Crippen LogP) is 0.495. The summed E-state index contributed by atoms with van der Waals surface area (Å²) < 4.78 is 20.9. The molecule has 1 aromatic carbocycles. The first-order chi connectivity index (χ1) is 16.1.